The Morgan fingerprint density at radius 3 is 2.19 bits per heavy atom. The lowest BCUT2D eigenvalue weighted by Crippen LogP contribution is -2.27. The second-order valence-electron chi connectivity index (χ2n) is 5.15. The summed E-state index contributed by atoms with van der Waals surface area (Å²) in [5, 5.41) is 0. The van der Waals surface area contributed by atoms with Crippen molar-refractivity contribution in [3.05, 3.63) is 0 Å². The molecule has 0 aliphatic carbocycles. The molecule has 2 heteroatoms. The third-order valence-corrected chi connectivity index (χ3v) is 3.74. The van der Waals surface area contributed by atoms with Crippen LogP contribution < -0.4 is 0 Å². The molecule has 1 aliphatic heterocycles. The molecule has 0 radical (unpaired) electrons. The largest absolute Gasteiger partial charge is 0.301 e. The lowest BCUT2D eigenvalue weighted by atomic mass is 10.1. The van der Waals surface area contributed by atoms with Crippen molar-refractivity contribution in [3.63, 3.8) is 0 Å². The van der Waals surface area contributed by atoms with Gasteiger partial charge in [0.05, 0.1) is 0 Å². The Bertz CT molecular complexity index is 150. The minimum atomic E-state index is 0. The summed E-state index contributed by atoms with van der Waals surface area (Å²) < 4.78 is 0. The van der Waals surface area contributed by atoms with Gasteiger partial charge in [-0.25, -0.2) is 0 Å². The summed E-state index contributed by atoms with van der Waals surface area (Å²) in [4.78, 5) is 2.67. The molecule has 0 aromatic heterocycles. The average molecular weight is 231 g/mol. The fraction of sp³-hybridized carbons (Fsp3) is 1.00. The van der Waals surface area contributed by atoms with Crippen LogP contribution in [0.3, 0.4) is 0 Å². The first kappa shape index (κ1) is 15.9. The first-order chi connectivity index (χ1) is 7.34. The molecular weight excluding hydrogens is 201 g/mol. The van der Waals surface area contributed by atoms with E-state index < -0.39 is 0 Å². The van der Waals surface area contributed by atoms with Crippen LogP contribution in [-0.2, 0) is 0 Å². The first-order valence-electron chi connectivity index (χ1n) is 7.08. The van der Waals surface area contributed by atoms with Crippen LogP contribution in [0.25, 0.3) is 0 Å². The highest BCUT2D eigenvalue weighted by atomic mass is 19.0. The Hall–Kier alpha value is -0.110. The minimum absolute atomic E-state index is 0. The van der Waals surface area contributed by atoms with Gasteiger partial charge in [-0.05, 0) is 39.3 Å². The van der Waals surface area contributed by atoms with E-state index in [4.69, 9.17) is 0 Å². The molecule has 1 saturated heterocycles. The van der Waals surface area contributed by atoms with Crippen LogP contribution in [-0.4, -0.2) is 24.0 Å². The molecule has 1 aliphatic rings. The molecule has 0 aromatic carbocycles. The van der Waals surface area contributed by atoms with Crippen LogP contribution in [0.2, 0.25) is 0 Å². The van der Waals surface area contributed by atoms with Gasteiger partial charge in [0.1, 0.15) is 0 Å². The number of nitrogens with zero attached hydrogens (tertiary/aromatic N) is 1. The number of halogens is 1. The predicted octanol–water partition coefficient (Wildman–Crippen LogP) is 4.37. The summed E-state index contributed by atoms with van der Waals surface area (Å²) in [6.45, 7) is 7.38. The number of rotatable bonds is 8. The van der Waals surface area contributed by atoms with Gasteiger partial charge in [0, 0.05) is 6.04 Å². The lowest BCUT2D eigenvalue weighted by molar-refractivity contribution is 0.262. The molecule has 1 fully saturated rings. The quantitative estimate of drug-likeness (QED) is 0.561. The van der Waals surface area contributed by atoms with Crippen LogP contribution in [0, 0.1) is 0 Å². The van der Waals surface area contributed by atoms with Gasteiger partial charge in [-0.1, -0.05) is 45.4 Å². The van der Waals surface area contributed by atoms with E-state index in [-0.39, 0.29) is 4.70 Å². The van der Waals surface area contributed by atoms with Crippen molar-refractivity contribution in [3.8, 4) is 0 Å². The summed E-state index contributed by atoms with van der Waals surface area (Å²) in [6, 6.07) is 0.866. The van der Waals surface area contributed by atoms with Crippen molar-refractivity contribution in [2.24, 2.45) is 0 Å². The van der Waals surface area contributed by atoms with Crippen LogP contribution in [0.5, 0.6) is 0 Å². The van der Waals surface area contributed by atoms with E-state index in [1.165, 1.54) is 70.9 Å². The van der Waals surface area contributed by atoms with Crippen molar-refractivity contribution in [2.45, 2.75) is 77.7 Å². The Morgan fingerprint density at radius 2 is 1.62 bits per heavy atom. The highest BCUT2D eigenvalue weighted by molar-refractivity contribution is 4.74. The van der Waals surface area contributed by atoms with Gasteiger partial charge in [-0.3, -0.25) is 4.70 Å². The van der Waals surface area contributed by atoms with Crippen LogP contribution in [0.1, 0.15) is 71.6 Å². The van der Waals surface area contributed by atoms with E-state index in [2.05, 4.69) is 18.7 Å². The summed E-state index contributed by atoms with van der Waals surface area (Å²) in [6.07, 6.45) is 12.9. The topological polar surface area (TPSA) is 3.24 Å². The number of unbranched alkanes of at least 4 members (excludes halogenated alkanes) is 6. The Kier molecular flexibility index (Phi) is 10.0. The zero-order chi connectivity index (χ0) is 10.9. The SMILES string of the molecule is CCCCCCCCCN1CCCC1C.F. The molecule has 0 spiro atoms. The maximum atomic E-state index is 2.67. The maximum absolute atomic E-state index is 2.67. The van der Waals surface area contributed by atoms with E-state index in [0.29, 0.717) is 0 Å². The molecule has 0 saturated carbocycles. The fourth-order valence-electron chi connectivity index (χ4n) is 2.60. The first-order valence-corrected chi connectivity index (χ1v) is 7.08. The molecule has 1 nitrogen and oxygen atoms in total. The highest BCUT2D eigenvalue weighted by Gasteiger charge is 2.18. The third-order valence-electron chi connectivity index (χ3n) is 3.74. The zero-order valence-electron chi connectivity index (χ0n) is 11.2. The van der Waals surface area contributed by atoms with Crippen LogP contribution >= 0.6 is 0 Å². The number of hydrogen-bond acceptors (Lipinski definition) is 1. The second-order valence-corrected chi connectivity index (χ2v) is 5.15. The fourth-order valence-corrected chi connectivity index (χ4v) is 2.60. The normalized spacial score (nSPS) is 21.0. The summed E-state index contributed by atoms with van der Waals surface area (Å²) in [7, 11) is 0. The molecule has 1 unspecified atom stereocenters. The molecule has 0 bridgehead atoms. The molecular formula is C14H30FN. The van der Waals surface area contributed by atoms with Gasteiger partial charge in [0.15, 0.2) is 0 Å². The highest BCUT2D eigenvalue weighted by Crippen LogP contribution is 2.17. The molecule has 0 amide bonds. The molecule has 1 heterocycles. The monoisotopic (exact) mass is 231 g/mol. The van der Waals surface area contributed by atoms with Crippen molar-refractivity contribution >= 4 is 0 Å². The van der Waals surface area contributed by atoms with E-state index >= 15 is 0 Å². The molecule has 98 valence electrons. The molecule has 1 atom stereocenters. The van der Waals surface area contributed by atoms with Gasteiger partial charge in [0.2, 0.25) is 0 Å². The zero-order valence-corrected chi connectivity index (χ0v) is 11.2. The van der Waals surface area contributed by atoms with E-state index in [9.17, 15) is 0 Å². The Morgan fingerprint density at radius 1 is 1.00 bits per heavy atom. The summed E-state index contributed by atoms with van der Waals surface area (Å²) >= 11 is 0. The smallest absolute Gasteiger partial charge is 0.00674 e. The van der Waals surface area contributed by atoms with Crippen molar-refractivity contribution in [1.82, 2.24) is 4.90 Å². The number of likely N-dealkylation sites (tertiary alicyclic amines) is 1. The summed E-state index contributed by atoms with van der Waals surface area (Å²) in [5.41, 5.74) is 0. The second kappa shape index (κ2) is 10.1. The number of hydrogen-bond donors (Lipinski definition) is 0. The minimum Gasteiger partial charge on any atom is -0.301 e. The van der Waals surface area contributed by atoms with Gasteiger partial charge in [-0.15, -0.1) is 0 Å². The Labute approximate surface area is 101 Å². The molecule has 0 N–H and O–H groups in total. The van der Waals surface area contributed by atoms with E-state index in [1.54, 1.807) is 0 Å². The lowest BCUT2D eigenvalue weighted by Gasteiger charge is -2.20. The molecule has 0 aromatic rings. The molecule has 1 rings (SSSR count). The molecule has 16 heavy (non-hydrogen) atoms. The maximum Gasteiger partial charge on any atom is 0.00674 e. The third kappa shape index (κ3) is 6.47. The van der Waals surface area contributed by atoms with Crippen molar-refractivity contribution in [1.29, 1.82) is 0 Å². The standard InChI is InChI=1S/C14H29N.FH/c1-3-4-5-6-7-8-9-12-15-13-10-11-14(15)2;/h14H,3-13H2,1-2H3;1H. The van der Waals surface area contributed by atoms with Gasteiger partial charge in [0.25, 0.3) is 0 Å². The Balaban J connectivity index is 0.00000225. The van der Waals surface area contributed by atoms with E-state index in [0.717, 1.165) is 6.04 Å². The van der Waals surface area contributed by atoms with Gasteiger partial charge in [-0.2, -0.15) is 0 Å². The van der Waals surface area contributed by atoms with Gasteiger partial charge < -0.3 is 4.90 Å². The van der Waals surface area contributed by atoms with Crippen molar-refractivity contribution in [2.75, 3.05) is 13.1 Å². The van der Waals surface area contributed by atoms with Crippen LogP contribution in [0.4, 0.5) is 4.70 Å². The van der Waals surface area contributed by atoms with Gasteiger partial charge >= 0.3 is 0 Å². The van der Waals surface area contributed by atoms with Crippen molar-refractivity contribution < 1.29 is 4.70 Å². The van der Waals surface area contributed by atoms with E-state index in [1.807, 2.05) is 0 Å². The van der Waals surface area contributed by atoms with Crippen LogP contribution in [0.15, 0.2) is 0 Å². The average Bonchev–Trinajstić information content (AvgIpc) is 2.63. The predicted molar refractivity (Wildman–Crippen MR) is 70.8 cm³/mol. The summed E-state index contributed by atoms with van der Waals surface area (Å²) in [5.74, 6) is 0.